The second-order valence-electron chi connectivity index (χ2n) is 5.80. The van der Waals surface area contributed by atoms with Crippen molar-refractivity contribution in [2.75, 3.05) is 0 Å². The summed E-state index contributed by atoms with van der Waals surface area (Å²) in [5.74, 6) is 0. The average molecular weight is 256 g/mol. The van der Waals surface area contributed by atoms with E-state index in [4.69, 9.17) is 0 Å². The molecule has 1 aromatic rings. The number of hydrogen-bond acceptors (Lipinski definition) is 0. The van der Waals surface area contributed by atoms with Gasteiger partial charge in [-0.25, -0.2) is 0 Å². The summed E-state index contributed by atoms with van der Waals surface area (Å²) >= 11 is 0. The van der Waals surface area contributed by atoms with Crippen molar-refractivity contribution in [3.8, 4) is 0 Å². The quantitative estimate of drug-likeness (QED) is 0.522. The number of hydrogen-bond donors (Lipinski definition) is 0. The van der Waals surface area contributed by atoms with Gasteiger partial charge in [0, 0.05) is 0 Å². The largest absolute Gasteiger partial charge is 0.0795 e. The molecule has 0 saturated carbocycles. The molecule has 0 heteroatoms. The van der Waals surface area contributed by atoms with E-state index in [9.17, 15) is 0 Å². The van der Waals surface area contributed by atoms with Gasteiger partial charge in [-0.2, -0.15) is 0 Å². The third kappa shape index (κ3) is 3.72. The molecule has 0 aromatic heterocycles. The SMILES string of the molecule is CCCCCc1ccc2c(c1CCCCC)C=CC2. The van der Waals surface area contributed by atoms with Gasteiger partial charge in [-0.15, -0.1) is 0 Å². The number of fused-ring (bicyclic) bond motifs is 1. The Hall–Kier alpha value is -1.04. The lowest BCUT2D eigenvalue weighted by molar-refractivity contribution is 0.692. The molecule has 104 valence electrons. The minimum Gasteiger partial charge on any atom is -0.0795 e. The van der Waals surface area contributed by atoms with Crippen molar-refractivity contribution in [1.82, 2.24) is 0 Å². The molecular weight excluding hydrogens is 228 g/mol. The van der Waals surface area contributed by atoms with Crippen LogP contribution in [0.25, 0.3) is 6.08 Å². The second-order valence-corrected chi connectivity index (χ2v) is 5.80. The Morgan fingerprint density at radius 1 is 0.895 bits per heavy atom. The molecule has 1 aliphatic rings. The summed E-state index contributed by atoms with van der Waals surface area (Å²) in [6.07, 6.45) is 16.4. The van der Waals surface area contributed by atoms with Crippen LogP contribution in [-0.4, -0.2) is 0 Å². The fourth-order valence-corrected chi connectivity index (χ4v) is 3.09. The first-order chi connectivity index (χ1) is 9.36. The molecule has 0 atom stereocenters. The molecular formula is C19H28. The monoisotopic (exact) mass is 256 g/mol. The summed E-state index contributed by atoms with van der Waals surface area (Å²) in [4.78, 5) is 0. The Balaban J connectivity index is 2.13. The van der Waals surface area contributed by atoms with Gasteiger partial charge in [-0.05, 0) is 54.4 Å². The van der Waals surface area contributed by atoms with Gasteiger partial charge in [0.15, 0.2) is 0 Å². The maximum atomic E-state index is 2.41. The Morgan fingerprint density at radius 2 is 1.63 bits per heavy atom. The molecule has 0 saturated heterocycles. The fourth-order valence-electron chi connectivity index (χ4n) is 3.09. The lowest BCUT2D eigenvalue weighted by Gasteiger charge is -2.14. The Labute approximate surface area is 118 Å². The molecule has 0 N–H and O–H groups in total. The Kier molecular flexibility index (Phi) is 5.69. The molecule has 1 aliphatic carbocycles. The summed E-state index contributed by atoms with van der Waals surface area (Å²) < 4.78 is 0. The molecule has 19 heavy (non-hydrogen) atoms. The lowest BCUT2D eigenvalue weighted by Crippen LogP contribution is -2.00. The summed E-state index contributed by atoms with van der Waals surface area (Å²) in [6.45, 7) is 4.57. The zero-order valence-corrected chi connectivity index (χ0v) is 12.7. The average Bonchev–Trinajstić information content (AvgIpc) is 2.89. The number of allylic oxidation sites excluding steroid dienone is 1. The van der Waals surface area contributed by atoms with Crippen molar-refractivity contribution in [3.63, 3.8) is 0 Å². The first-order valence-electron chi connectivity index (χ1n) is 8.17. The summed E-state index contributed by atoms with van der Waals surface area (Å²) in [5.41, 5.74) is 6.39. The Morgan fingerprint density at radius 3 is 2.37 bits per heavy atom. The first kappa shape index (κ1) is 14.4. The van der Waals surface area contributed by atoms with E-state index in [0.717, 1.165) is 6.42 Å². The van der Waals surface area contributed by atoms with E-state index in [1.54, 1.807) is 22.3 Å². The van der Waals surface area contributed by atoms with Crippen LogP contribution in [0.1, 0.15) is 74.6 Å². The van der Waals surface area contributed by atoms with Crippen molar-refractivity contribution in [1.29, 1.82) is 0 Å². The number of benzene rings is 1. The zero-order valence-electron chi connectivity index (χ0n) is 12.7. The summed E-state index contributed by atoms with van der Waals surface area (Å²) in [6, 6.07) is 4.77. The fraction of sp³-hybridized carbons (Fsp3) is 0.579. The van der Waals surface area contributed by atoms with Crippen LogP contribution < -0.4 is 0 Å². The first-order valence-corrected chi connectivity index (χ1v) is 8.17. The zero-order chi connectivity index (χ0) is 13.5. The predicted octanol–water partition coefficient (Wildman–Crippen LogP) is 5.72. The Bertz CT molecular complexity index is 426. The summed E-state index contributed by atoms with van der Waals surface area (Å²) in [5, 5.41) is 0. The van der Waals surface area contributed by atoms with Gasteiger partial charge in [0.1, 0.15) is 0 Å². The van der Waals surface area contributed by atoms with E-state index < -0.39 is 0 Å². The smallest absolute Gasteiger partial charge is 0.00881 e. The van der Waals surface area contributed by atoms with Gasteiger partial charge in [-0.3, -0.25) is 0 Å². The van der Waals surface area contributed by atoms with E-state index in [2.05, 4.69) is 38.1 Å². The molecule has 0 spiro atoms. The standard InChI is InChI=1S/C19H28/c1-3-5-7-10-16-14-15-17-11-9-13-19(17)18(16)12-8-6-4-2/h9,13-15H,3-8,10-12H2,1-2H3. The van der Waals surface area contributed by atoms with Gasteiger partial charge in [0.25, 0.3) is 0 Å². The van der Waals surface area contributed by atoms with Crippen LogP contribution >= 0.6 is 0 Å². The number of unbranched alkanes of at least 4 members (excludes halogenated alkanes) is 4. The molecule has 0 bridgehead atoms. The predicted molar refractivity (Wildman–Crippen MR) is 85.6 cm³/mol. The van der Waals surface area contributed by atoms with Gasteiger partial charge in [0.2, 0.25) is 0 Å². The van der Waals surface area contributed by atoms with Gasteiger partial charge in [-0.1, -0.05) is 63.8 Å². The molecule has 0 radical (unpaired) electrons. The molecule has 0 nitrogen and oxygen atoms in total. The minimum absolute atomic E-state index is 1.14. The van der Waals surface area contributed by atoms with Crippen LogP contribution in [0.2, 0.25) is 0 Å². The maximum absolute atomic E-state index is 2.41. The van der Waals surface area contributed by atoms with Crippen LogP contribution in [0.3, 0.4) is 0 Å². The molecule has 0 heterocycles. The van der Waals surface area contributed by atoms with E-state index in [-0.39, 0.29) is 0 Å². The molecule has 1 aromatic carbocycles. The molecule has 2 rings (SSSR count). The normalized spacial score (nSPS) is 12.9. The minimum atomic E-state index is 1.14. The topological polar surface area (TPSA) is 0 Å². The van der Waals surface area contributed by atoms with E-state index in [0.29, 0.717) is 0 Å². The highest BCUT2D eigenvalue weighted by Gasteiger charge is 2.13. The van der Waals surface area contributed by atoms with Crippen LogP contribution in [-0.2, 0) is 19.3 Å². The number of rotatable bonds is 8. The molecule has 0 unspecified atom stereocenters. The third-order valence-electron chi connectivity index (χ3n) is 4.25. The second kappa shape index (κ2) is 7.53. The highest BCUT2D eigenvalue weighted by atomic mass is 14.2. The number of aryl methyl sites for hydroxylation is 1. The van der Waals surface area contributed by atoms with Crippen LogP contribution in [0.5, 0.6) is 0 Å². The van der Waals surface area contributed by atoms with Crippen molar-refractivity contribution < 1.29 is 0 Å². The van der Waals surface area contributed by atoms with Crippen LogP contribution in [0.4, 0.5) is 0 Å². The highest BCUT2D eigenvalue weighted by molar-refractivity contribution is 5.65. The van der Waals surface area contributed by atoms with Gasteiger partial charge < -0.3 is 0 Å². The van der Waals surface area contributed by atoms with Crippen molar-refractivity contribution in [3.05, 3.63) is 40.5 Å². The molecule has 0 amide bonds. The summed E-state index contributed by atoms with van der Waals surface area (Å²) in [7, 11) is 0. The van der Waals surface area contributed by atoms with Crippen molar-refractivity contribution in [2.24, 2.45) is 0 Å². The van der Waals surface area contributed by atoms with Crippen LogP contribution in [0.15, 0.2) is 18.2 Å². The van der Waals surface area contributed by atoms with Gasteiger partial charge in [0.05, 0.1) is 0 Å². The lowest BCUT2D eigenvalue weighted by atomic mass is 9.91. The van der Waals surface area contributed by atoms with Crippen LogP contribution in [0, 0.1) is 0 Å². The third-order valence-corrected chi connectivity index (χ3v) is 4.25. The highest BCUT2D eigenvalue weighted by Crippen LogP contribution is 2.28. The van der Waals surface area contributed by atoms with E-state index >= 15 is 0 Å². The maximum Gasteiger partial charge on any atom is -0.00881 e. The van der Waals surface area contributed by atoms with Crippen molar-refractivity contribution in [2.45, 2.75) is 71.6 Å². The van der Waals surface area contributed by atoms with E-state index in [1.165, 1.54) is 51.4 Å². The molecule has 0 fully saturated rings. The van der Waals surface area contributed by atoms with E-state index in [1.807, 2.05) is 0 Å². The van der Waals surface area contributed by atoms with Crippen molar-refractivity contribution >= 4 is 6.08 Å². The van der Waals surface area contributed by atoms with Gasteiger partial charge >= 0.3 is 0 Å². The molecule has 0 aliphatic heterocycles.